The van der Waals surface area contributed by atoms with E-state index < -0.39 is 6.29 Å². The summed E-state index contributed by atoms with van der Waals surface area (Å²) in [5.41, 5.74) is 10.9. The Morgan fingerprint density at radius 1 is 0.941 bits per heavy atom. The molecule has 4 unspecified atom stereocenters. The maximum atomic E-state index is 9.43. The van der Waals surface area contributed by atoms with Crippen molar-refractivity contribution in [2.75, 3.05) is 20.1 Å². The minimum atomic E-state index is -0.459. The second-order valence-electron chi connectivity index (χ2n) is 9.10. The fraction of sp³-hybridized carbons (Fsp3) is 0.393. The molecule has 1 fully saturated rings. The second-order valence-corrected chi connectivity index (χ2v) is 9.10. The molecule has 1 aliphatic heterocycles. The number of hydrogen-bond donors (Lipinski definition) is 2. The monoisotopic (exact) mass is 461 g/mol. The van der Waals surface area contributed by atoms with Crippen LogP contribution in [0.1, 0.15) is 47.3 Å². The van der Waals surface area contributed by atoms with E-state index in [1.165, 1.54) is 0 Å². The van der Waals surface area contributed by atoms with E-state index in [2.05, 4.69) is 42.1 Å². The number of rotatable bonds is 9. The molecule has 0 radical (unpaired) electrons. The van der Waals surface area contributed by atoms with E-state index in [0.29, 0.717) is 6.54 Å². The Labute approximate surface area is 202 Å². The van der Waals surface area contributed by atoms with Crippen molar-refractivity contribution >= 4 is 0 Å². The minimum absolute atomic E-state index is 0.0100. The van der Waals surface area contributed by atoms with Crippen LogP contribution in [0.15, 0.2) is 72.9 Å². The maximum Gasteiger partial charge on any atom is 0.184 e. The van der Waals surface area contributed by atoms with E-state index in [1.807, 2.05) is 54.7 Å². The SMILES string of the molecule is CC1C(CN(C)CCc2ccccn2)OC(c2ccc(CN)cc2)OC1c1ccc(CO)cc1. The summed E-state index contributed by atoms with van der Waals surface area (Å²) in [5, 5.41) is 9.43. The Morgan fingerprint density at radius 2 is 1.65 bits per heavy atom. The first kappa shape index (κ1) is 24.5. The number of nitrogens with zero attached hydrogens (tertiary/aromatic N) is 2. The van der Waals surface area contributed by atoms with Gasteiger partial charge in [0.15, 0.2) is 6.29 Å². The number of ether oxygens (including phenoxy) is 2. The Bertz CT molecular complexity index is 1010. The highest BCUT2D eigenvalue weighted by molar-refractivity contribution is 5.27. The van der Waals surface area contributed by atoms with Crippen LogP contribution < -0.4 is 5.73 Å². The third-order valence-electron chi connectivity index (χ3n) is 6.58. The van der Waals surface area contributed by atoms with Gasteiger partial charge in [0.2, 0.25) is 0 Å². The van der Waals surface area contributed by atoms with Crippen LogP contribution in [-0.2, 0) is 29.0 Å². The van der Waals surface area contributed by atoms with Crippen LogP contribution in [0.5, 0.6) is 0 Å². The Morgan fingerprint density at radius 3 is 2.29 bits per heavy atom. The molecule has 6 heteroatoms. The Kier molecular flexibility index (Phi) is 8.43. The number of aliphatic hydroxyl groups is 1. The molecule has 1 aliphatic rings. The van der Waals surface area contributed by atoms with Crippen molar-refractivity contribution in [3.63, 3.8) is 0 Å². The molecular formula is C28H35N3O3. The van der Waals surface area contributed by atoms with Crippen molar-refractivity contribution < 1.29 is 14.6 Å². The highest BCUT2D eigenvalue weighted by Gasteiger charge is 2.38. The summed E-state index contributed by atoms with van der Waals surface area (Å²) < 4.78 is 13.0. The average molecular weight is 462 g/mol. The molecule has 4 atom stereocenters. The number of aliphatic hydroxyl groups excluding tert-OH is 1. The van der Waals surface area contributed by atoms with Gasteiger partial charge in [0.05, 0.1) is 18.8 Å². The van der Waals surface area contributed by atoms with Gasteiger partial charge in [-0.1, -0.05) is 61.5 Å². The van der Waals surface area contributed by atoms with Gasteiger partial charge in [0.1, 0.15) is 0 Å². The standard InChI is InChI=1S/C28H35N3O3/c1-20-26(18-31(2)16-14-25-5-3-4-15-30-25)33-28(24-12-6-21(17-29)7-13-24)34-27(20)23-10-8-22(19-32)9-11-23/h3-13,15,20,26-28,32H,14,16-19,29H2,1-2H3. The van der Waals surface area contributed by atoms with Crippen LogP contribution in [0, 0.1) is 5.92 Å². The molecule has 0 spiro atoms. The fourth-order valence-electron chi connectivity index (χ4n) is 4.39. The summed E-state index contributed by atoms with van der Waals surface area (Å²) in [4.78, 5) is 6.75. The largest absolute Gasteiger partial charge is 0.392 e. The molecule has 1 aromatic heterocycles. The molecule has 0 saturated carbocycles. The van der Waals surface area contributed by atoms with Gasteiger partial charge in [-0.3, -0.25) is 4.98 Å². The molecule has 6 nitrogen and oxygen atoms in total. The Balaban J connectivity index is 1.51. The van der Waals surface area contributed by atoms with Crippen LogP contribution in [0.25, 0.3) is 0 Å². The number of benzene rings is 2. The minimum Gasteiger partial charge on any atom is -0.392 e. The van der Waals surface area contributed by atoms with Crippen molar-refractivity contribution in [3.05, 3.63) is 101 Å². The molecule has 4 rings (SSSR count). The van der Waals surface area contributed by atoms with Crippen molar-refractivity contribution in [2.45, 2.75) is 45.0 Å². The maximum absolute atomic E-state index is 9.43. The van der Waals surface area contributed by atoms with E-state index in [-0.39, 0.29) is 24.7 Å². The lowest BCUT2D eigenvalue weighted by atomic mass is 9.90. The smallest absolute Gasteiger partial charge is 0.184 e. The zero-order chi connectivity index (χ0) is 23.9. The molecule has 3 aromatic rings. The number of hydrogen-bond acceptors (Lipinski definition) is 6. The first-order valence-electron chi connectivity index (χ1n) is 12.0. The van der Waals surface area contributed by atoms with E-state index in [0.717, 1.165) is 47.5 Å². The molecule has 2 heterocycles. The molecule has 180 valence electrons. The molecule has 3 N–H and O–H groups in total. The van der Waals surface area contributed by atoms with Crippen LogP contribution in [0.4, 0.5) is 0 Å². The molecule has 34 heavy (non-hydrogen) atoms. The summed E-state index contributed by atoms with van der Waals surface area (Å²) in [7, 11) is 2.13. The van der Waals surface area contributed by atoms with Crippen molar-refractivity contribution in [1.29, 1.82) is 0 Å². The fourth-order valence-corrected chi connectivity index (χ4v) is 4.39. The zero-order valence-electron chi connectivity index (χ0n) is 20.0. The molecular weight excluding hydrogens is 426 g/mol. The zero-order valence-corrected chi connectivity index (χ0v) is 20.0. The van der Waals surface area contributed by atoms with Crippen LogP contribution >= 0.6 is 0 Å². The molecule has 0 aliphatic carbocycles. The Hall–Kier alpha value is -2.61. The predicted octanol–water partition coefficient (Wildman–Crippen LogP) is 4.00. The van der Waals surface area contributed by atoms with Crippen LogP contribution in [-0.4, -0.2) is 41.2 Å². The second kappa shape index (κ2) is 11.7. The highest BCUT2D eigenvalue weighted by Crippen LogP contribution is 2.41. The number of likely N-dealkylation sites (N-methyl/N-ethyl adjacent to an activating group) is 1. The van der Waals surface area contributed by atoms with Gasteiger partial charge in [0, 0.05) is 49.4 Å². The summed E-state index contributed by atoms with van der Waals surface area (Å²) in [6, 6.07) is 22.2. The lowest BCUT2D eigenvalue weighted by Gasteiger charge is -2.42. The quantitative estimate of drug-likeness (QED) is 0.501. The molecule has 2 aromatic carbocycles. The molecule has 0 bridgehead atoms. The first-order chi connectivity index (χ1) is 16.6. The van der Waals surface area contributed by atoms with E-state index >= 15 is 0 Å². The third-order valence-corrected chi connectivity index (χ3v) is 6.58. The summed E-state index contributed by atoms with van der Waals surface area (Å²) in [5.74, 6) is 0.150. The summed E-state index contributed by atoms with van der Waals surface area (Å²) >= 11 is 0. The first-order valence-corrected chi connectivity index (χ1v) is 12.0. The topological polar surface area (TPSA) is 80.8 Å². The van der Waals surface area contributed by atoms with Gasteiger partial charge in [-0.25, -0.2) is 0 Å². The van der Waals surface area contributed by atoms with Crippen LogP contribution in [0.3, 0.4) is 0 Å². The predicted molar refractivity (Wildman–Crippen MR) is 133 cm³/mol. The van der Waals surface area contributed by atoms with Crippen molar-refractivity contribution in [1.82, 2.24) is 9.88 Å². The van der Waals surface area contributed by atoms with Crippen molar-refractivity contribution in [2.24, 2.45) is 11.7 Å². The van der Waals surface area contributed by atoms with E-state index in [9.17, 15) is 5.11 Å². The van der Waals surface area contributed by atoms with Gasteiger partial charge >= 0.3 is 0 Å². The van der Waals surface area contributed by atoms with Gasteiger partial charge < -0.3 is 25.2 Å². The lowest BCUT2D eigenvalue weighted by molar-refractivity contribution is -0.275. The normalized spacial score (nSPS) is 22.7. The van der Waals surface area contributed by atoms with E-state index in [1.54, 1.807) is 0 Å². The summed E-state index contributed by atoms with van der Waals surface area (Å²) in [6.45, 7) is 4.42. The third kappa shape index (κ3) is 6.09. The summed E-state index contributed by atoms with van der Waals surface area (Å²) in [6.07, 6.45) is 2.15. The van der Waals surface area contributed by atoms with Gasteiger partial charge in [-0.05, 0) is 35.9 Å². The number of aromatic nitrogens is 1. The van der Waals surface area contributed by atoms with Gasteiger partial charge in [-0.2, -0.15) is 0 Å². The van der Waals surface area contributed by atoms with Crippen molar-refractivity contribution in [3.8, 4) is 0 Å². The average Bonchev–Trinajstić information content (AvgIpc) is 2.89. The van der Waals surface area contributed by atoms with Gasteiger partial charge in [0.25, 0.3) is 0 Å². The number of pyridine rings is 1. The van der Waals surface area contributed by atoms with Crippen LogP contribution in [0.2, 0.25) is 0 Å². The highest BCUT2D eigenvalue weighted by atomic mass is 16.7. The molecule has 1 saturated heterocycles. The molecule has 0 amide bonds. The number of nitrogens with two attached hydrogens (primary N) is 1. The van der Waals surface area contributed by atoms with Gasteiger partial charge in [-0.15, -0.1) is 0 Å². The van der Waals surface area contributed by atoms with E-state index in [4.69, 9.17) is 15.2 Å². The lowest BCUT2D eigenvalue weighted by Crippen LogP contribution is -2.43.